The van der Waals surface area contributed by atoms with Gasteiger partial charge in [-0.05, 0) is 28.1 Å². The van der Waals surface area contributed by atoms with Crippen LogP contribution in [0.2, 0.25) is 0 Å². The molecular weight excluding hydrogens is 282 g/mol. The van der Waals surface area contributed by atoms with Crippen molar-refractivity contribution in [3.63, 3.8) is 0 Å². The third-order valence-corrected chi connectivity index (χ3v) is 3.23. The van der Waals surface area contributed by atoms with Crippen molar-refractivity contribution in [2.45, 2.75) is 0 Å². The third-order valence-electron chi connectivity index (χ3n) is 1.59. The van der Waals surface area contributed by atoms with E-state index in [9.17, 15) is 9.59 Å². The zero-order valence-corrected chi connectivity index (χ0v) is 9.97. The van der Waals surface area contributed by atoms with E-state index in [1.54, 1.807) is 11.4 Å². The summed E-state index contributed by atoms with van der Waals surface area (Å²) in [6, 6.07) is 1.73. The molecule has 0 aliphatic carbocycles. The van der Waals surface area contributed by atoms with Gasteiger partial charge in [-0.1, -0.05) is 0 Å². The van der Waals surface area contributed by atoms with E-state index in [-0.39, 0.29) is 12.1 Å². The maximum absolute atomic E-state index is 11.2. The van der Waals surface area contributed by atoms with Crippen LogP contribution in [0.4, 0.5) is 0 Å². The Morgan fingerprint density at radius 1 is 1.60 bits per heavy atom. The summed E-state index contributed by atoms with van der Waals surface area (Å²) >= 11 is 4.58. The first-order chi connectivity index (χ1) is 7.04. The molecule has 0 amide bonds. The van der Waals surface area contributed by atoms with Crippen LogP contribution in [0.1, 0.15) is 4.88 Å². The summed E-state index contributed by atoms with van der Waals surface area (Å²) in [5.41, 5.74) is 4.82. The molecule has 6 heteroatoms. The predicted octanol–water partition coefficient (Wildman–Crippen LogP) is 1.51. The minimum absolute atomic E-state index is 0.285. The van der Waals surface area contributed by atoms with Crippen LogP contribution in [-0.4, -0.2) is 23.4 Å². The van der Waals surface area contributed by atoms with Gasteiger partial charge in [0.1, 0.15) is 5.57 Å². The van der Waals surface area contributed by atoms with Crippen LogP contribution in [0, 0.1) is 0 Å². The normalized spacial score (nSPS) is 11.5. The lowest BCUT2D eigenvalue weighted by atomic mass is 10.1. The smallest absolute Gasteiger partial charge is 0.339 e. The Kier molecular flexibility index (Phi) is 4.19. The Labute approximate surface area is 98.5 Å². The van der Waals surface area contributed by atoms with Gasteiger partial charge in [0.25, 0.3) is 0 Å². The van der Waals surface area contributed by atoms with E-state index >= 15 is 0 Å². The second kappa shape index (κ2) is 5.20. The van der Waals surface area contributed by atoms with Crippen LogP contribution >= 0.6 is 27.3 Å². The number of nitrogens with two attached hydrogens (primary N) is 1. The third kappa shape index (κ3) is 3.26. The quantitative estimate of drug-likeness (QED) is 0.500. The van der Waals surface area contributed by atoms with Gasteiger partial charge in [-0.3, -0.25) is 4.79 Å². The topological polar surface area (TPSA) is 80.4 Å². The molecule has 1 heterocycles. The summed E-state index contributed by atoms with van der Waals surface area (Å²) in [6.07, 6.45) is 1.33. The molecule has 1 rings (SSSR count). The summed E-state index contributed by atoms with van der Waals surface area (Å²) in [6.45, 7) is -0.301. The first kappa shape index (κ1) is 12.1. The summed E-state index contributed by atoms with van der Waals surface area (Å²) in [5, 5.41) is 10.6. The highest BCUT2D eigenvalue weighted by Gasteiger charge is 2.15. The number of rotatable bonds is 4. The number of Topliss-reactive ketones (excluding diaryl/α,β-unsaturated/α-hetero) is 1. The Morgan fingerprint density at radius 2 is 2.27 bits per heavy atom. The molecule has 1 aromatic rings. The zero-order valence-electron chi connectivity index (χ0n) is 7.57. The molecule has 0 atom stereocenters. The first-order valence-corrected chi connectivity index (χ1v) is 5.64. The molecule has 0 saturated carbocycles. The van der Waals surface area contributed by atoms with Crippen LogP contribution in [0.3, 0.4) is 0 Å². The second-order valence-corrected chi connectivity index (χ2v) is 4.52. The van der Waals surface area contributed by atoms with Crippen molar-refractivity contribution in [3.05, 3.63) is 26.4 Å². The molecule has 0 saturated heterocycles. The summed E-state index contributed by atoms with van der Waals surface area (Å²) in [7, 11) is 0. The van der Waals surface area contributed by atoms with Crippen LogP contribution in [0.5, 0.6) is 0 Å². The van der Waals surface area contributed by atoms with Crippen LogP contribution in [-0.2, 0) is 9.59 Å². The number of carboxylic acid groups (broad SMARTS) is 1. The average molecular weight is 290 g/mol. The van der Waals surface area contributed by atoms with E-state index in [4.69, 9.17) is 10.8 Å². The van der Waals surface area contributed by atoms with Crippen LogP contribution in [0.25, 0.3) is 6.08 Å². The largest absolute Gasteiger partial charge is 0.478 e. The molecule has 0 aromatic carbocycles. The molecule has 0 aliphatic heterocycles. The van der Waals surface area contributed by atoms with Gasteiger partial charge in [-0.25, -0.2) is 4.79 Å². The Morgan fingerprint density at radius 3 is 2.67 bits per heavy atom. The van der Waals surface area contributed by atoms with Crippen LogP contribution in [0.15, 0.2) is 21.5 Å². The molecule has 80 valence electrons. The van der Waals surface area contributed by atoms with Crippen molar-refractivity contribution < 1.29 is 14.7 Å². The number of hydrogen-bond acceptors (Lipinski definition) is 4. The first-order valence-electron chi connectivity index (χ1n) is 3.97. The van der Waals surface area contributed by atoms with E-state index in [2.05, 4.69) is 15.9 Å². The van der Waals surface area contributed by atoms with Gasteiger partial charge < -0.3 is 10.8 Å². The lowest BCUT2D eigenvalue weighted by Gasteiger charge is -1.97. The number of hydrogen-bond donors (Lipinski definition) is 2. The monoisotopic (exact) mass is 289 g/mol. The standard InChI is InChI=1S/C9H8BrNO3S/c10-5-1-6(15-4-5)2-7(9(13)14)8(12)3-11/h1-2,4H,3,11H2,(H,13,14)/b7-2-. The number of ketones is 1. The number of carboxylic acids is 1. The highest BCUT2D eigenvalue weighted by atomic mass is 79.9. The minimum Gasteiger partial charge on any atom is -0.478 e. The molecule has 15 heavy (non-hydrogen) atoms. The molecule has 0 bridgehead atoms. The van der Waals surface area contributed by atoms with Gasteiger partial charge in [0.15, 0.2) is 5.78 Å². The summed E-state index contributed by atoms with van der Waals surface area (Å²) < 4.78 is 0.851. The highest BCUT2D eigenvalue weighted by Crippen LogP contribution is 2.22. The van der Waals surface area contributed by atoms with Crippen molar-refractivity contribution in [1.82, 2.24) is 0 Å². The predicted molar refractivity (Wildman–Crippen MR) is 61.7 cm³/mol. The maximum atomic E-state index is 11.2. The molecule has 0 fully saturated rings. The SMILES string of the molecule is NCC(=O)/C(=C/c1cc(Br)cs1)C(=O)O. The van der Waals surface area contributed by atoms with Crippen molar-refractivity contribution in [1.29, 1.82) is 0 Å². The second-order valence-electron chi connectivity index (χ2n) is 2.66. The van der Waals surface area contributed by atoms with Gasteiger partial charge in [0.2, 0.25) is 0 Å². The van der Waals surface area contributed by atoms with E-state index < -0.39 is 11.8 Å². The summed E-state index contributed by atoms with van der Waals surface area (Å²) in [4.78, 5) is 22.6. The van der Waals surface area contributed by atoms with Crippen molar-refractivity contribution >= 4 is 45.1 Å². The fourth-order valence-corrected chi connectivity index (χ4v) is 2.29. The Balaban J connectivity index is 3.04. The maximum Gasteiger partial charge on any atom is 0.339 e. The van der Waals surface area contributed by atoms with E-state index in [0.717, 1.165) is 4.47 Å². The molecule has 0 spiro atoms. The lowest BCUT2D eigenvalue weighted by molar-refractivity contribution is -0.134. The lowest BCUT2D eigenvalue weighted by Crippen LogP contribution is -2.20. The van der Waals surface area contributed by atoms with Gasteiger partial charge >= 0.3 is 5.97 Å². The van der Waals surface area contributed by atoms with E-state index in [1.807, 2.05) is 0 Å². The Bertz CT molecular complexity index is 425. The molecule has 0 unspecified atom stereocenters. The molecule has 4 nitrogen and oxygen atoms in total. The molecule has 1 aromatic heterocycles. The zero-order chi connectivity index (χ0) is 11.4. The fraction of sp³-hybridized carbons (Fsp3) is 0.111. The number of halogens is 1. The van der Waals surface area contributed by atoms with E-state index in [0.29, 0.717) is 4.88 Å². The highest BCUT2D eigenvalue weighted by molar-refractivity contribution is 9.10. The number of aliphatic carboxylic acids is 1. The summed E-state index contributed by atoms with van der Waals surface area (Å²) in [5.74, 6) is -1.83. The van der Waals surface area contributed by atoms with Gasteiger partial charge in [-0.2, -0.15) is 0 Å². The molecule has 0 aliphatic rings. The van der Waals surface area contributed by atoms with Gasteiger partial charge in [0.05, 0.1) is 6.54 Å². The number of thiophene rings is 1. The average Bonchev–Trinajstić information content (AvgIpc) is 2.59. The molecular formula is C9H8BrNO3S. The van der Waals surface area contributed by atoms with Crippen molar-refractivity contribution in [2.24, 2.45) is 5.73 Å². The Hall–Kier alpha value is -0.980. The van der Waals surface area contributed by atoms with Crippen LogP contribution < -0.4 is 5.73 Å². The fourth-order valence-electron chi connectivity index (χ4n) is 0.918. The van der Waals surface area contributed by atoms with Gasteiger partial charge in [0, 0.05) is 14.7 Å². The molecule has 3 N–H and O–H groups in total. The molecule has 0 radical (unpaired) electrons. The van der Waals surface area contributed by atoms with Gasteiger partial charge in [-0.15, -0.1) is 11.3 Å². The van der Waals surface area contributed by atoms with Crippen molar-refractivity contribution in [2.75, 3.05) is 6.54 Å². The van der Waals surface area contributed by atoms with E-state index in [1.165, 1.54) is 17.4 Å². The van der Waals surface area contributed by atoms with Crippen molar-refractivity contribution in [3.8, 4) is 0 Å². The minimum atomic E-state index is -1.25. The number of carbonyl (C=O) groups is 2. The number of carbonyl (C=O) groups excluding carboxylic acids is 1.